The van der Waals surface area contributed by atoms with Gasteiger partial charge in [-0.05, 0) is 58.8 Å². The van der Waals surface area contributed by atoms with E-state index in [1.165, 1.54) is 5.57 Å². The molecule has 184 valence electrons. The van der Waals surface area contributed by atoms with Crippen LogP contribution in [0.15, 0.2) is 28.3 Å². The highest BCUT2D eigenvalue weighted by molar-refractivity contribution is 8.14. The average molecular weight is 477 g/mol. The maximum Gasteiger partial charge on any atom is 0.223 e. The van der Waals surface area contributed by atoms with Crippen molar-refractivity contribution in [3.05, 3.63) is 23.3 Å². The van der Waals surface area contributed by atoms with Crippen LogP contribution in [-0.4, -0.2) is 57.0 Å². The van der Waals surface area contributed by atoms with Gasteiger partial charge in [-0.3, -0.25) is 14.6 Å². The molecule has 2 heterocycles. The van der Waals surface area contributed by atoms with Crippen LogP contribution in [-0.2, 0) is 9.59 Å². The number of nitrogens with one attached hydrogen (secondary N) is 1. The topological polar surface area (TPSA) is 99.0 Å². The van der Waals surface area contributed by atoms with E-state index in [9.17, 15) is 19.8 Å². The van der Waals surface area contributed by atoms with Crippen LogP contribution in [0.3, 0.4) is 0 Å². The monoisotopic (exact) mass is 476 g/mol. The van der Waals surface area contributed by atoms with Gasteiger partial charge in [0.2, 0.25) is 5.91 Å². The van der Waals surface area contributed by atoms with Gasteiger partial charge in [-0.15, -0.1) is 11.8 Å². The van der Waals surface area contributed by atoms with Gasteiger partial charge >= 0.3 is 0 Å². The molecule has 0 aromatic carbocycles. The zero-order chi connectivity index (χ0) is 24.3. The van der Waals surface area contributed by atoms with Crippen LogP contribution < -0.4 is 5.32 Å². The van der Waals surface area contributed by atoms with Gasteiger partial charge in [0.1, 0.15) is 5.78 Å². The summed E-state index contributed by atoms with van der Waals surface area (Å²) in [7, 11) is 0. The summed E-state index contributed by atoms with van der Waals surface area (Å²) in [6, 6.07) is -0.0492. The lowest BCUT2D eigenvalue weighted by atomic mass is 9.60. The van der Waals surface area contributed by atoms with Gasteiger partial charge in [0.05, 0.1) is 41.2 Å². The summed E-state index contributed by atoms with van der Waals surface area (Å²) in [4.78, 5) is 30.7. The first-order chi connectivity index (χ1) is 15.5. The second kappa shape index (κ2) is 10.9. The number of thioether (sulfide) groups is 1. The number of Topliss-reactive ketones (excluding diaryl/α,β-unsaturated/α-hetero) is 1. The lowest BCUT2D eigenvalue weighted by molar-refractivity contribution is -0.156. The second-order valence-electron chi connectivity index (χ2n) is 10.5. The van der Waals surface area contributed by atoms with E-state index in [1.807, 2.05) is 13.8 Å². The fourth-order valence-corrected chi connectivity index (χ4v) is 6.35. The van der Waals surface area contributed by atoms with E-state index in [2.05, 4.69) is 29.4 Å². The molecule has 33 heavy (non-hydrogen) atoms. The smallest absolute Gasteiger partial charge is 0.223 e. The number of allylic oxidation sites excluding steroid dienone is 1. The number of fused-ring (bicyclic) bond motifs is 2. The average Bonchev–Trinajstić information content (AvgIpc) is 3.16. The number of amides is 1. The molecule has 2 aliphatic heterocycles. The van der Waals surface area contributed by atoms with Gasteiger partial charge in [-0.25, -0.2) is 0 Å². The highest BCUT2D eigenvalue weighted by Crippen LogP contribution is 2.44. The van der Waals surface area contributed by atoms with E-state index in [0.29, 0.717) is 12.8 Å². The molecule has 3 aliphatic rings. The van der Waals surface area contributed by atoms with Gasteiger partial charge in [0.25, 0.3) is 0 Å². The first kappa shape index (κ1) is 26.2. The van der Waals surface area contributed by atoms with Gasteiger partial charge in [-0.1, -0.05) is 37.1 Å². The Morgan fingerprint density at radius 2 is 2.00 bits per heavy atom. The van der Waals surface area contributed by atoms with Gasteiger partial charge in [0.15, 0.2) is 0 Å². The van der Waals surface area contributed by atoms with Crippen LogP contribution in [0.25, 0.3) is 0 Å². The molecule has 7 heteroatoms. The maximum atomic E-state index is 13.1. The van der Waals surface area contributed by atoms with Crippen molar-refractivity contribution in [1.82, 2.24) is 5.32 Å². The Morgan fingerprint density at radius 3 is 2.67 bits per heavy atom. The molecular weight excluding hydrogens is 436 g/mol. The summed E-state index contributed by atoms with van der Waals surface area (Å²) in [6.07, 6.45) is 6.20. The van der Waals surface area contributed by atoms with Crippen molar-refractivity contribution in [2.24, 2.45) is 22.2 Å². The molecule has 6 nitrogen and oxygen atoms in total. The molecule has 3 rings (SSSR count). The van der Waals surface area contributed by atoms with Crippen molar-refractivity contribution in [3.8, 4) is 0 Å². The van der Waals surface area contributed by atoms with Gasteiger partial charge < -0.3 is 15.5 Å². The third-order valence-corrected chi connectivity index (χ3v) is 8.75. The molecule has 1 saturated carbocycles. The molecule has 1 aliphatic carbocycles. The first-order valence-corrected chi connectivity index (χ1v) is 13.2. The van der Waals surface area contributed by atoms with Crippen LogP contribution in [0, 0.1) is 17.3 Å². The molecule has 0 saturated heterocycles. The Bertz CT molecular complexity index is 851. The molecule has 7 atom stereocenters. The number of hydrogen-bond donors (Lipinski definition) is 3. The van der Waals surface area contributed by atoms with E-state index in [-0.39, 0.29) is 36.1 Å². The molecule has 1 amide bonds. The third kappa shape index (κ3) is 6.17. The second-order valence-corrected chi connectivity index (χ2v) is 11.7. The van der Waals surface area contributed by atoms with Crippen LogP contribution >= 0.6 is 11.8 Å². The molecule has 1 fully saturated rings. The summed E-state index contributed by atoms with van der Waals surface area (Å²) >= 11 is 1.75. The van der Waals surface area contributed by atoms with Gasteiger partial charge in [-0.2, -0.15) is 0 Å². The zero-order valence-electron chi connectivity index (χ0n) is 20.6. The minimum absolute atomic E-state index is 0.0525. The number of ketones is 1. The highest BCUT2D eigenvalue weighted by atomic mass is 32.2. The molecule has 0 aromatic heterocycles. The standard InChI is InChI=1S/C26H40N2O4S/c1-15-8-6-7-9-19-13-26(5,25(32)17(3)24(19)31)22(29)12-23(30)28-21(10-15)16(2)11-20-14-33-18(4)27-20/h8,11,17,19-22,24,29,31H,6-7,9-10,12-14H2,1-5H3,(H,28,30)/b15-8-,16-11+/t17-,19+,20?,21-,22-,24-,26+/m0/s1. The predicted octanol–water partition coefficient (Wildman–Crippen LogP) is 3.81. The number of carbonyl (C=O) groups is 2. The van der Waals surface area contributed by atoms with E-state index in [4.69, 9.17) is 0 Å². The summed E-state index contributed by atoms with van der Waals surface area (Å²) in [6.45, 7) is 9.65. The molecular formula is C26H40N2O4S. The molecule has 1 unspecified atom stereocenters. The van der Waals surface area contributed by atoms with E-state index in [1.54, 1.807) is 25.6 Å². The third-order valence-electron chi connectivity index (χ3n) is 7.72. The van der Waals surface area contributed by atoms with Crippen LogP contribution in [0.5, 0.6) is 0 Å². The van der Waals surface area contributed by atoms with Crippen molar-refractivity contribution in [3.63, 3.8) is 0 Å². The Balaban J connectivity index is 1.85. The lowest BCUT2D eigenvalue weighted by Crippen LogP contribution is -2.54. The van der Waals surface area contributed by atoms with Crippen molar-refractivity contribution in [2.45, 2.75) is 97.4 Å². The fraction of sp³-hybridized carbons (Fsp3) is 0.731. The number of hydrogen-bond acceptors (Lipinski definition) is 6. The predicted molar refractivity (Wildman–Crippen MR) is 134 cm³/mol. The van der Waals surface area contributed by atoms with E-state index < -0.39 is 23.5 Å². The number of aliphatic hydroxyl groups is 2. The summed E-state index contributed by atoms with van der Waals surface area (Å²) in [5.41, 5.74) is 1.26. The number of aliphatic imine (C=N–C) groups is 1. The Hall–Kier alpha value is -1.44. The number of nitrogens with zero attached hydrogens (tertiary/aromatic N) is 1. The SMILES string of the molecule is CC1=NC(/C=C(\C)[C@@H]2C/C(C)=C\CCC[C@@H]3C[C@@](C)(C(=O)[C@@H](C)[C@@H]3O)[C@@H](O)CC(=O)N2)CS1. The summed E-state index contributed by atoms with van der Waals surface area (Å²) < 4.78 is 0. The highest BCUT2D eigenvalue weighted by Gasteiger charge is 2.51. The summed E-state index contributed by atoms with van der Waals surface area (Å²) in [5, 5.41) is 25.9. The van der Waals surface area contributed by atoms with Crippen molar-refractivity contribution >= 4 is 28.5 Å². The van der Waals surface area contributed by atoms with Crippen LogP contribution in [0.1, 0.15) is 73.1 Å². The van der Waals surface area contributed by atoms with Crippen molar-refractivity contribution in [1.29, 1.82) is 0 Å². The number of carbonyl (C=O) groups excluding carboxylic acids is 2. The number of rotatable bonds is 2. The van der Waals surface area contributed by atoms with E-state index in [0.717, 1.165) is 35.6 Å². The van der Waals surface area contributed by atoms with Crippen molar-refractivity contribution < 1.29 is 19.8 Å². The molecule has 0 spiro atoms. The Kier molecular flexibility index (Phi) is 8.62. The van der Waals surface area contributed by atoms with Crippen molar-refractivity contribution in [2.75, 3.05) is 5.75 Å². The first-order valence-electron chi connectivity index (χ1n) is 12.2. The lowest BCUT2D eigenvalue weighted by Gasteiger charge is -2.45. The minimum atomic E-state index is -1.08. The van der Waals surface area contributed by atoms with Crippen LogP contribution in [0.2, 0.25) is 0 Å². The molecule has 2 bridgehead atoms. The quantitative estimate of drug-likeness (QED) is 0.526. The maximum absolute atomic E-state index is 13.1. The Labute approximate surface area is 202 Å². The fourth-order valence-electron chi connectivity index (χ4n) is 5.56. The zero-order valence-corrected chi connectivity index (χ0v) is 21.5. The normalized spacial score (nSPS) is 41.0. The molecule has 0 radical (unpaired) electrons. The minimum Gasteiger partial charge on any atom is -0.392 e. The largest absolute Gasteiger partial charge is 0.392 e. The van der Waals surface area contributed by atoms with Gasteiger partial charge in [0, 0.05) is 11.7 Å². The summed E-state index contributed by atoms with van der Waals surface area (Å²) in [5.74, 6) is -0.0710. The molecule has 0 aromatic rings. The Morgan fingerprint density at radius 1 is 1.27 bits per heavy atom. The molecule has 3 N–H and O–H groups in total. The van der Waals surface area contributed by atoms with Crippen LogP contribution in [0.4, 0.5) is 0 Å². The number of aliphatic hydroxyl groups excluding tert-OH is 2. The van der Waals surface area contributed by atoms with E-state index >= 15 is 0 Å².